The maximum absolute atomic E-state index is 11.5. The summed E-state index contributed by atoms with van der Waals surface area (Å²) in [4.78, 5) is 13.2. The predicted octanol–water partition coefficient (Wildman–Crippen LogP) is 1.07. The third-order valence-corrected chi connectivity index (χ3v) is 2.60. The van der Waals surface area contributed by atoms with Crippen LogP contribution in [0.1, 0.15) is 5.76 Å². The molecule has 1 fully saturated rings. The minimum atomic E-state index is -0.260. The largest absolute Gasteiger partial charge is 0.467 e. The van der Waals surface area contributed by atoms with Gasteiger partial charge < -0.3 is 19.4 Å². The molecule has 5 nitrogen and oxygen atoms in total. The molecule has 0 spiro atoms. The van der Waals surface area contributed by atoms with E-state index < -0.39 is 0 Å². The van der Waals surface area contributed by atoms with Crippen molar-refractivity contribution in [3.63, 3.8) is 0 Å². The fourth-order valence-electron chi connectivity index (χ4n) is 1.85. The molecule has 88 valence electrons. The smallest absolute Gasteiger partial charge is 0.410 e. The van der Waals surface area contributed by atoms with Crippen LogP contribution in [0.4, 0.5) is 4.79 Å². The molecule has 1 aromatic heterocycles. The zero-order valence-corrected chi connectivity index (χ0v) is 9.31. The standard InChI is InChI=1S/C11H16N2O3/c1-12-5-9-6-13(11(14)16-8-9)7-10-3-2-4-15-10/h2-4,9,12H,5-8H2,1H3. The van der Waals surface area contributed by atoms with E-state index in [1.165, 1.54) is 0 Å². The summed E-state index contributed by atoms with van der Waals surface area (Å²) >= 11 is 0. The Hall–Kier alpha value is -1.49. The van der Waals surface area contributed by atoms with Crippen molar-refractivity contribution in [1.82, 2.24) is 10.2 Å². The summed E-state index contributed by atoms with van der Waals surface area (Å²) in [7, 11) is 1.90. The first kappa shape index (κ1) is 11.0. The summed E-state index contributed by atoms with van der Waals surface area (Å²) in [5.74, 6) is 1.12. The fraction of sp³-hybridized carbons (Fsp3) is 0.545. The van der Waals surface area contributed by atoms with Gasteiger partial charge in [0.2, 0.25) is 0 Å². The second kappa shape index (κ2) is 5.03. The van der Waals surface area contributed by atoms with Crippen LogP contribution in [-0.4, -0.2) is 37.7 Å². The Morgan fingerprint density at radius 2 is 2.50 bits per heavy atom. The Kier molecular flexibility index (Phi) is 3.46. The molecule has 0 saturated carbocycles. The van der Waals surface area contributed by atoms with Crippen LogP contribution in [0.5, 0.6) is 0 Å². The van der Waals surface area contributed by atoms with Crippen molar-refractivity contribution in [3.8, 4) is 0 Å². The maximum atomic E-state index is 11.5. The van der Waals surface area contributed by atoms with Gasteiger partial charge in [-0.2, -0.15) is 0 Å². The fourth-order valence-corrected chi connectivity index (χ4v) is 1.85. The van der Waals surface area contributed by atoms with Crippen LogP contribution in [0.2, 0.25) is 0 Å². The van der Waals surface area contributed by atoms with E-state index in [2.05, 4.69) is 5.32 Å². The van der Waals surface area contributed by atoms with Gasteiger partial charge >= 0.3 is 6.09 Å². The van der Waals surface area contributed by atoms with Crippen molar-refractivity contribution in [3.05, 3.63) is 24.2 Å². The van der Waals surface area contributed by atoms with Gasteiger partial charge in [0.15, 0.2) is 0 Å². The van der Waals surface area contributed by atoms with E-state index in [-0.39, 0.29) is 6.09 Å². The Bertz CT molecular complexity index is 337. The quantitative estimate of drug-likeness (QED) is 0.831. The zero-order chi connectivity index (χ0) is 11.4. The normalized spacial score (nSPS) is 20.9. The van der Waals surface area contributed by atoms with Crippen LogP contribution in [-0.2, 0) is 11.3 Å². The summed E-state index contributed by atoms with van der Waals surface area (Å²) in [6, 6.07) is 3.67. The number of rotatable bonds is 4. The topological polar surface area (TPSA) is 54.7 Å². The number of cyclic esters (lactones) is 1. The molecule has 5 heteroatoms. The molecule has 0 aliphatic carbocycles. The molecular formula is C11H16N2O3. The van der Waals surface area contributed by atoms with Crippen LogP contribution in [0.15, 0.2) is 22.8 Å². The number of furan rings is 1. The zero-order valence-electron chi connectivity index (χ0n) is 9.31. The van der Waals surface area contributed by atoms with E-state index in [0.717, 1.165) is 12.3 Å². The number of amides is 1. The number of nitrogens with one attached hydrogen (secondary N) is 1. The lowest BCUT2D eigenvalue weighted by Gasteiger charge is -2.31. The van der Waals surface area contributed by atoms with Crippen molar-refractivity contribution >= 4 is 6.09 Å². The first-order valence-corrected chi connectivity index (χ1v) is 5.38. The van der Waals surface area contributed by atoms with Crippen molar-refractivity contribution in [2.45, 2.75) is 6.54 Å². The van der Waals surface area contributed by atoms with Gasteiger partial charge in [-0.15, -0.1) is 0 Å². The molecule has 1 amide bonds. The molecule has 1 unspecified atom stereocenters. The molecule has 1 atom stereocenters. The van der Waals surface area contributed by atoms with E-state index >= 15 is 0 Å². The van der Waals surface area contributed by atoms with Gasteiger partial charge in [0.1, 0.15) is 5.76 Å². The van der Waals surface area contributed by atoms with Crippen LogP contribution in [0.25, 0.3) is 0 Å². The number of carbonyl (C=O) groups is 1. The molecule has 1 aliphatic rings. The third-order valence-electron chi connectivity index (χ3n) is 2.60. The van der Waals surface area contributed by atoms with Gasteiger partial charge in [0.25, 0.3) is 0 Å². The van der Waals surface area contributed by atoms with Gasteiger partial charge in [-0.1, -0.05) is 0 Å². The molecular weight excluding hydrogens is 208 g/mol. The summed E-state index contributed by atoms with van der Waals surface area (Å²) in [5, 5.41) is 3.09. The van der Waals surface area contributed by atoms with Crippen molar-refractivity contribution < 1.29 is 13.9 Å². The first-order valence-electron chi connectivity index (χ1n) is 5.38. The predicted molar refractivity (Wildman–Crippen MR) is 57.9 cm³/mol. The highest BCUT2D eigenvalue weighted by Gasteiger charge is 2.27. The van der Waals surface area contributed by atoms with E-state index in [9.17, 15) is 4.79 Å². The number of nitrogens with zero attached hydrogens (tertiary/aromatic N) is 1. The lowest BCUT2D eigenvalue weighted by molar-refractivity contribution is 0.0383. The molecule has 0 radical (unpaired) electrons. The van der Waals surface area contributed by atoms with Crippen LogP contribution in [0, 0.1) is 5.92 Å². The van der Waals surface area contributed by atoms with Crippen molar-refractivity contribution in [2.24, 2.45) is 5.92 Å². The molecule has 1 N–H and O–H groups in total. The second-order valence-electron chi connectivity index (χ2n) is 3.96. The molecule has 1 aliphatic heterocycles. The van der Waals surface area contributed by atoms with E-state index in [4.69, 9.17) is 9.15 Å². The van der Waals surface area contributed by atoms with E-state index in [1.807, 2.05) is 19.2 Å². The molecule has 0 bridgehead atoms. The Morgan fingerprint density at radius 1 is 1.62 bits per heavy atom. The van der Waals surface area contributed by atoms with Gasteiger partial charge in [0, 0.05) is 19.0 Å². The summed E-state index contributed by atoms with van der Waals surface area (Å²) in [6.45, 7) is 2.53. The highest BCUT2D eigenvalue weighted by Crippen LogP contribution is 2.14. The maximum Gasteiger partial charge on any atom is 0.410 e. The highest BCUT2D eigenvalue weighted by atomic mass is 16.6. The number of hydrogen-bond donors (Lipinski definition) is 1. The minimum absolute atomic E-state index is 0.260. The van der Waals surface area contributed by atoms with Gasteiger partial charge in [-0.05, 0) is 19.2 Å². The lowest BCUT2D eigenvalue weighted by atomic mass is 10.1. The molecule has 1 saturated heterocycles. The van der Waals surface area contributed by atoms with Crippen molar-refractivity contribution in [2.75, 3.05) is 26.7 Å². The molecule has 0 aromatic carbocycles. The van der Waals surface area contributed by atoms with Crippen LogP contribution >= 0.6 is 0 Å². The first-order chi connectivity index (χ1) is 7.79. The SMILES string of the molecule is CNCC1COC(=O)N(Cc2ccco2)C1. The summed E-state index contributed by atoms with van der Waals surface area (Å²) < 4.78 is 10.3. The van der Waals surface area contributed by atoms with Gasteiger partial charge in [-0.3, -0.25) is 0 Å². The molecule has 16 heavy (non-hydrogen) atoms. The monoisotopic (exact) mass is 224 g/mol. The highest BCUT2D eigenvalue weighted by molar-refractivity contribution is 5.68. The molecule has 1 aromatic rings. The molecule has 2 rings (SSSR count). The number of carbonyl (C=O) groups excluding carboxylic acids is 1. The average Bonchev–Trinajstić information content (AvgIpc) is 2.76. The van der Waals surface area contributed by atoms with Crippen LogP contribution in [0.3, 0.4) is 0 Å². The Labute approximate surface area is 94.4 Å². The van der Waals surface area contributed by atoms with E-state index in [1.54, 1.807) is 11.2 Å². The molecule has 2 heterocycles. The summed E-state index contributed by atoms with van der Waals surface area (Å²) in [6.07, 6.45) is 1.35. The second-order valence-corrected chi connectivity index (χ2v) is 3.96. The lowest BCUT2D eigenvalue weighted by Crippen LogP contribution is -2.45. The Morgan fingerprint density at radius 3 is 3.19 bits per heavy atom. The number of hydrogen-bond acceptors (Lipinski definition) is 4. The van der Waals surface area contributed by atoms with Gasteiger partial charge in [0.05, 0.1) is 19.4 Å². The van der Waals surface area contributed by atoms with Gasteiger partial charge in [-0.25, -0.2) is 4.79 Å². The Balaban J connectivity index is 1.93. The van der Waals surface area contributed by atoms with E-state index in [0.29, 0.717) is 25.6 Å². The minimum Gasteiger partial charge on any atom is -0.467 e. The number of ether oxygens (including phenoxy) is 1. The average molecular weight is 224 g/mol. The third kappa shape index (κ3) is 2.55. The van der Waals surface area contributed by atoms with Crippen LogP contribution < -0.4 is 5.32 Å². The summed E-state index contributed by atoms with van der Waals surface area (Å²) in [5.41, 5.74) is 0. The van der Waals surface area contributed by atoms with Crippen molar-refractivity contribution in [1.29, 1.82) is 0 Å².